The Morgan fingerprint density at radius 2 is 1.68 bits per heavy atom. The minimum atomic E-state index is 0.0275. The molecule has 0 bridgehead atoms. The summed E-state index contributed by atoms with van der Waals surface area (Å²) in [6.07, 6.45) is 0.307. The van der Waals surface area contributed by atoms with Crippen molar-refractivity contribution in [3.63, 3.8) is 0 Å². The average Bonchev–Trinajstić information content (AvgIpc) is 2.63. The van der Waals surface area contributed by atoms with E-state index >= 15 is 0 Å². The first-order valence-electron chi connectivity index (χ1n) is 8.18. The van der Waals surface area contributed by atoms with Crippen molar-refractivity contribution in [1.29, 1.82) is 0 Å². The maximum Gasteiger partial charge on any atom is 0.226 e. The van der Waals surface area contributed by atoms with Crippen molar-refractivity contribution in [1.82, 2.24) is 4.90 Å². The molecule has 0 N–H and O–H groups in total. The molecule has 5 heteroatoms. The first kappa shape index (κ1) is 18.6. The fraction of sp³-hybridized carbons (Fsp3) is 0.350. The van der Waals surface area contributed by atoms with E-state index in [1.165, 1.54) is 5.56 Å². The van der Waals surface area contributed by atoms with Crippen LogP contribution in [0.2, 0.25) is 0 Å². The standard InChI is InChI=1S/C20H25NO4/c1-15-5-8-17(9-6-15)25-12-11-21(2)20(22)14-16-7-10-18(23-3)19(13-16)24-4/h5-10,13H,11-12,14H2,1-4H3. The van der Waals surface area contributed by atoms with Crippen LogP contribution in [0.5, 0.6) is 17.2 Å². The fourth-order valence-corrected chi connectivity index (χ4v) is 2.36. The van der Waals surface area contributed by atoms with Gasteiger partial charge in [-0.15, -0.1) is 0 Å². The zero-order valence-electron chi connectivity index (χ0n) is 15.2. The number of carbonyl (C=O) groups is 1. The maximum absolute atomic E-state index is 12.4. The molecule has 2 aromatic rings. The normalized spacial score (nSPS) is 10.2. The Labute approximate surface area is 149 Å². The molecular formula is C20H25NO4. The fourth-order valence-electron chi connectivity index (χ4n) is 2.36. The van der Waals surface area contributed by atoms with Crippen LogP contribution in [-0.2, 0) is 11.2 Å². The van der Waals surface area contributed by atoms with E-state index in [1.807, 2.05) is 49.4 Å². The predicted molar refractivity (Wildman–Crippen MR) is 97.6 cm³/mol. The predicted octanol–water partition coefficient (Wildman–Crippen LogP) is 3.09. The summed E-state index contributed by atoms with van der Waals surface area (Å²) in [5.74, 6) is 2.11. The summed E-state index contributed by atoms with van der Waals surface area (Å²) in [4.78, 5) is 14.0. The van der Waals surface area contributed by atoms with Crippen LogP contribution in [0.3, 0.4) is 0 Å². The van der Waals surface area contributed by atoms with Crippen LogP contribution in [0.15, 0.2) is 42.5 Å². The smallest absolute Gasteiger partial charge is 0.226 e. The molecule has 0 aliphatic carbocycles. The van der Waals surface area contributed by atoms with Crippen molar-refractivity contribution < 1.29 is 19.0 Å². The van der Waals surface area contributed by atoms with Crippen LogP contribution < -0.4 is 14.2 Å². The van der Waals surface area contributed by atoms with Crippen molar-refractivity contribution in [3.05, 3.63) is 53.6 Å². The minimum Gasteiger partial charge on any atom is -0.493 e. The second kappa shape index (κ2) is 8.97. The van der Waals surface area contributed by atoms with E-state index in [0.717, 1.165) is 11.3 Å². The number of likely N-dealkylation sites (N-methyl/N-ethyl adjacent to an activating group) is 1. The lowest BCUT2D eigenvalue weighted by Gasteiger charge is -2.18. The summed E-state index contributed by atoms with van der Waals surface area (Å²) >= 11 is 0. The maximum atomic E-state index is 12.4. The molecule has 25 heavy (non-hydrogen) atoms. The van der Waals surface area contributed by atoms with Crippen molar-refractivity contribution >= 4 is 5.91 Å². The number of nitrogens with zero attached hydrogens (tertiary/aromatic N) is 1. The molecule has 0 saturated carbocycles. The van der Waals surface area contributed by atoms with Gasteiger partial charge in [-0.2, -0.15) is 0 Å². The summed E-state index contributed by atoms with van der Waals surface area (Å²) in [6.45, 7) is 3.02. The van der Waals surface area contributed by atoms with Gasteiger partial charge in [0, 0.05) is 7.05 Å². The monoisotopic (exact) mass is 343 g/mol. The molecule has 0 heterocycles. The van der Waals surface area contributed by atoms with Crippen LogP contribution in [0, 0.1) is 6.92 Å². The molecule has 134 valence electrons. The number of rotatable bonds is 8. The molecule has 0 aromatic heterocycles. The van der Waals surface area contributed by atoms with Crippen molar-refractivity contribution in [2.75, 3.05) is 34.4 Å². The minimum absolute atomic E-state index is 0.0275. The van der Waals surface area contributed by atoms with Crippen LogP contribution in [0.25, 0.3) is 0 Å². The van der Waals surface area contributed by atoms with Gasteiger partial charge in [0.2, 0.25) is 5.91 Å². The SMILES string of the molecule is COc1ccc(CC(=O)N(C)CCOc2ccc(C)cc2)cc1OC. The van der Waals surface area contributed by atoms with Gasteiger partial charge in [0.25, 0.3) is 0 Å². The molecule has 1 amide bonds. The molecule has 0 radical (unpaired) electrons. The van der Waals surface area contributed by atoms with Gasteiger partial charge in [-0.3, -0.25) is 4.79 Å². The Morgan fingerprint density at radius 3 is 2.32 bits per heavy atom. The highest BCUT2D eigenvalue weighted by atomic mass is 16.5. The van der Waals surface area contributed by atoms with E-state index in [1.54, 1.807) is 26.2 Å². The summed E-state index contributed by atoms with van der Waals surface area (Å²) < 4.78 is 16.1. The molecule has 0 atom stereocenters. The van der Waals surface area contributed by atoms with Gasteiger partial charge in [0.1, 0.15) is 12.4 Å². The highest BCUT2D eigenvalue weighted by Crippen LogP contribution is 2.27. The van der Waals surface area contributed by atoms with E-state index in [4.69, 9.17) is 14.2 Å². The van der Waals surface area contributed by atoms with Gasteiger partial charge in [0.05, 0.1) is 27.2 Å². The third-order valence-corrected chi connectivity index (χ3v) is 3.95. The Hall–Kier alpha value is -2.69. The molecule has 5 nitrogen and oxygen atoms in total. The second-order valence-corrected chi connectivity index (χ2v) is 5.84. The molecule has 2 rings (SSSR count). The Balaban J connectivity index is 1.84. The third kappa shape index (κ3) is 5.41. The quantitative estimate of drug-likeness (QED) is 0.739. The van der Waals surface area contributed by atoms with Crippen molar-refractivity contribution in [2.45, 2.75) is 13.3 Å². The Bertz CT molecular complexity index is 697. The summed E-state index contributed by atoms with van der Waals surface area (Å²) in [6, 6.07) is 13.4. The molecular weight excluding hydrogens is 318 g/mol. The zero-order chi connectivity index (χ0) is 18.2. The van der Waals surface area contributed by atoms with E-state index < -0.39 is 0 Å². The van der Waals surface area contributed by atoms with Crippen molar-refractivity contribution in [2.24, 2.45) is 0 Å². The topological polar surface area (TPSA) is 48.0 Å². The van der Waals surface area contributed by atoms with E-state index in [9.17, 15) is 4.79 Å². The third-order valence-electron chi connectivity index (χ3n) is 3.95. The highest BCUT2D eigenvalue weighted by Gasteiger charge is 2.12. The van der Waals surface area contributed by atoms with Crippen LogP contribution in [0.1, 0.15) is 11.1 Å². The molecule has 0 saturated heterocycles. The number of hydrogen-bond donors (Lipinski definition) is 0. The van der Waals surface area contributed by atoms with Gasteiger partial charge in [-0.25, -0.2) is 0 Å². The number of amides is 1. The van der Waals surface area contributed by atoms with Gasteiger partial charge in [0.15, 0.2) is 11.5 Å². The van der Waals surface area contributed by atoms with Crippen LogP contribution in [-0.4, -0.2) is 45.2 Å². The van der Waals surface area contributed by atoms with Crippen molar-refractivity contribution in [3.8, 4) is 17.2 Å². The van der Waals surface area contributed by atoms with E-state index in [2.05, 4.69) is 0 Å². The molecule has 0 spiro atoms. The molecule has 0 aliphatic rings. The van der Waals surface area contributed by atoms with E-state index in [-0.39, 0.29) is 5.91 Å². The van der Waals surface area contributed by atoms with Gasteiger partial charge < -0.3 is 19.1 Å². The lowest BCUT2D eigenvalue weighted by Crippen LogP contribution is -2.32. The zero-order valence-corrected chi connectivity index (χ0v) is 15.2. The Kier molecular flexibility index (Phi) is 6.69. The number of hydrogen-bond acceptors (Lipinski definition) is 4. The lowest BCUT2D eigenvalue weighted by atomic mass is 10.1. The molecule has 0 unspecified atom stereocenters. The number of methoxy groups -OCH3 is 2. The molecule has 0 aliphatic heterocycles. The number of aryl methyl sites for hydroxylation is 1. The highest BCUT2D eigenvalue weighted by molar-refractivity contribution is 5.78. The number of benzene rings is 2. The first-order chi connectivity index (χ1) is 12.0. The number of carbonyl (C=O) groups excluding carboxylic acids is 1. The lowest BCUT2D eigenvalue weighted by molar-refractivity contribution is -0.129. The Morgan fingerprint density at radius 1 is 1.00 bits per heavy atom. The average molecular weight is 343 g/mol. The summed E-state index contributed by atoms with van der Waals surface area (Å²) in [5.41, 5.74) is 2.07. The second-order valence-electron chi connectivity index (χ2n) is 5.84. The van der Waals surface area contributed by atoms with Gasteiger partial charge in [-0.05, 0) is 36.8 Å². The van der Waals surface area contributed by atoms with Gasteiger partial charge in [-0.1, -0.05) is 23.8 Å². The van der Waals surface area contributed by atoms with Crippen LogP contribution >= 0.6 is 0 Å². The molecule has 0 fully saturated rings. The molecule has 2 aromatic carbocycles. The van der Waals surface area contributed by atoms with Gasteiger partial charge >= 0.3 is 0 Å². The first-order valence-corrected chi connectivity index (χ1v) is 8.18. The largest absolute Gasteiger partial charge is 0.493 e. The number of ether oxygens (including phenoxy) is 3. The van der Waals surface area contributed by atoms with Crippen LogP contribution in [0.4, 0.5) is 0 Å². The van der Waals surface area contributed by atoms with E-state index in [0.29, 0.717) is 31.1 Å². The summed E-state index contributed by atoms with van der Waals surface area (Å²) in [7, 11) is 4.95. The summed E-state index contributed by atoms with van der Waals surface area (Å²) in [5, 5.41) is 0.